The molecule has 0 aliphatic carbocycles. The number of H-pyrrole nitrogens is 1. The maximum atomic E-state index is 4.16. The van der Waals surface area contributed by atoms with Gasteiger partial charge in [-0.25, -0.2) is 4.98 Å². The lowest BCUT2D eigenvalue weighted by molar-refractivity contribution is 0.669. The number of aromatic amines is 1. The average molecular weight is 230 g/mol. The molecule has 17 heavy (non-hydrogen) atoms. The van der Waals surface area contributed by atoms with E-state index >= 15 is 0 Å². The molecule has 0 saturated carbocycles. The van der Waals surface area contributed by atoms with Crippen molar-refractivity contribution in [3.05, 3.63) is 48.0 Å². The van der Waals surface area contributed by atoms with Crippen molar-refractivity contribution in [3.63, 3.8) is 0 Å². The number of aromatic nitrogens is 2. The van der Waals surface area contributed by atoms with Crippen molar-refractivity contribution in [2.75, 3.05) is 19.0 Å². The maximum Gasteiger partial charge on any atom is 0.120 e. The molecule has 0 bridgehead atoms. The van der Waals surface area contributed by atoms with Crippen molar-refractivity contribution in [2.24, 2.45) is 0 Å². The summed E-state index contributed by atoms with van der Waals surface area (Å²) in [5.41, 5.74) is 2.50. The standard InChI is InChI=1S/C13H18N4/c1-17(2)12-5-3-11(4-6-12)9-14-10-13-15-7-8-16-13/h3-8,14H,9-10H2,1-2H3,(H,15,16). The Labute approximate surface area is 102 Å². The van der Waals surface area contributed by atoms with E-state index in [0.717, 1.165) is 18.9 Å². The first-order valence-electron chi connectivity index (χ1n) is 5.71. The number of nitrogens with zero attached hydrogens (tertiary/aromatic N) is 2. The van der Waals surface area contributed by atoms with Crippen LogP contribution in [-0.2, 0) is 13.1 Å². The van der Waals surface area contributed by atoms with Gasteiger partial charge < -0.3 is 15.2 Å². The van der Waals surface area contributed by atoms with Gasteiger partial charge in [-0.1, -0.05) is 12.1 Å². The summed E-state index contributed by atoms with van der Waals surface area (Å²) < 4.78 is 0. The van der Waals surface area contributed by atoms with Crippen molar-refractivity contribution in [2.45, 2.75) is 13.1 Å². The van der Waals surface area contributed by atoms with E-state index in [1.165, 1.54) is 11.3 Å². The van der Waals surface area contributed by atoms with Gasteiger partial charge in [0.25, 0.3) is 0 Å². The smallest absolute Gasteiger partial charge is 0.120 e. The Bertz CT molecular complexity index is 431. The van der Waals surface area contributed by atoms with Gasteiger partial charge in [0.1, 0.15) is 5.82 Å². The maximum absolute atomic E-state index is 4.16. The fourth-order valence-corrected chi connectivity index (χ4v) is 1.63. The predicted molar refractivity (Wildman–Crippen MR) is 69.9 cm³/mol. The highest BCUT2D eigenvalue weighted by molar-refractivity contribution is 5.45. The van der Waals surface area contributed by atoms with Gasteiger partial charge in [0.15, 0.2) is 0 Å². The van der Waals surface area contributed by atoms with Crippen molar-refractivity contribution in [1.29, 1.82) is 0 Å². The molecule has 90 valence electrons. The minimum absolute atomic E-state index is 0.766. The molecular weight excluding hydrogens is 212 g/mol. The van der Waals surface area contributed by atoms with E-state index in [2.05, 4.69) is 44.5 Å². The molecule has 2 N–H and O–H groups in total. The molecule has 0 saturated heterocycles. The van der Waals surface area contributed by atoms with E-state index in [1.807, 2.05) is 20.3 Å². The molecule has 0 amide bonds. The third kappa shape index (κ3) is 3.32. The van der Waals surface area contributed by atoms with E-state index in [4.69, 9.17) is 0 Å². The van der Waals surface area contributed by atoms with Crippen LogP contribution in [0.5, 0.6) is 0 Å². The van der Waals surface area contributed by atoms with Crippen LogP contribution < -0.4 is 10.2 Å². The third-order valence-electron chi connectivity index (χ3n) is 2.63. The second kappa shape index (κ2) is 5.50. The molecule has 0 fully saturated rings. The topological polar surface area (TPSA) is 44.0 Å². The number of benzene rings is 1. The van der Waals surface area contributed by atoms with E-state index in [1.54, 1.807) is 6.20 Å². The number of rotatable bonds is 5. The number of nitrogens with one attached hydrogen (secondary N) is 2. The summed E-state index contributed by atoms with van der Waals surface area (Å²) in [7, 11) is 4.09. The Morgan fingerprint density at radius 2 is 1.94 bits per heavy atom. The van der Waals surface area contributed by atoms with Crippen molar-refractivity contribution in [3.8, 4) is 0 Å². The predicted octanol–water partition coefficient (Wildman–Crippen LogP) is 1.77. The molecule has 0 unspecified atom stereocenters. The summed E-state index contributed by atoms with van der Waals surface area (Å²) in [5, 5.41) is 3.35. The highest BCUT2D eigenvalue weighted by atomic mass is 15.1. The van der Waals surface area contributed by atoms with Crippen LogP contribution in [0.4, 0.5) is 5.69 Å². The highest BCUT2D eigenvalue weighted by Gasteiger charge is 1.97. The van der Waals surface area contributed by atoms with Gasteiger partial charge >= 0.3 is 0 Å². The van der Waals surface area contributed by atoms with E-state index in [-0.39, 0.29) is 0 Å². The summed E-state index contributed by atoms with van der Waals surface area (Å²) in [6.45, 7) is 1.62. The lowest BCUT2D eigenvalue weighted by atomic mass is 10.2. The molecule has 0 spiro atoms. The summed E-state index contributed by atoms with van der Waals surface area (Å²) in [6, 6.07) is 8.54. The molecule has 0 atom stereocenters. The number of imidazole rings is 1. The molecule has 4 nitrogen and oxygen atoms in total. The molecule has 2 rings (SSSR count). The summed E-state index contributed by atoms with van der Waals surface area (Å²) in [5.74, 6) is 0.968. The van der Waals surface area contributed by atoms with Gasteiger partial charge in [0, 0.05) is 38.7 Å². The second-order valence-electron chi connectivity index (χ2n) is 4.20. The van der Waals surface area contributed by atoms with Gasteiger partial charge in [-0.15, -0.1) is 0 Å². The quantitative estimate of drug-likeness (QED) is 0.822. The molecule has 1 heterocycles. The monoisotopic (exact) mass is 230 g/mol. The lowest BCUT2D eigenvalue weighted by Gasteiger charge is -2.12. The molecule has 2 aromatic rings. The van der Waals surface area contributed by atoms with Crippen LogP contribution in [0, 0.1) is 0 Å². The zero-order valence-electron chi connectivity index (χ0n) is 10.3. The molecular formula is C13H18N4. The van der Waals surface area contributed by atoms with Gasteiger partial charge in [-0.3, -0.25) is 0 Å². The summed E-state index contributed by atoms with van der Waals surface area (Å²) in [4.78, 5) is 9.32. The normalized spacial score (nSPS) is 10.5. The largest absolute Gasteiger partial charge is 0.378 e. The fourth-order valence-electron chi connectivity index (χ4n) is 1.63. The van der Waals surface area contributed by atoms with E-state index < -0.39 is 0 Å². The Morgan fingerprint density at radius 1 is 1.18 bits per heavy atom. The number of hydrogen-bond acceptors (Lipinski definition) is 3. The van der Waals surface area contributed by atoms with E-state index in [9.17, 15) is 0 Å². The van der Waals surface area contributed by atoms with Gasteiger partial charge in [-0.2, -0.15) is 0 Å². The van der Waals surface area contributed by atoms with Crippen LogP contribution in [0.25, 0.3) is 0 Å². The Morgan fingerprint density at radius 3 is 2.53 bits per heavy atom. The second-order valence-corrected chi connectivity index (χ2v) is 4.20. The first-order chi connectivity index (χ1) is 8.25. The Balaban J connectivity index is 1.83. The van der Waals surface area contributed by atoms with Gasteiger partial charge in [0.2, 0.25) is 0 Å². The lowest BCUT2D eigenvalue weighted by Crippen LogP contribution is -2.14. The van der Waals surface area contributed by atoms with Crippen LogP contribution >= 0.6 is 0 Å². The van der Waals surface area contributed by atoms with Crippen molar-refractivity contribution in [1.82, 2.24) is 15.3 Å². The van der Waals surface area contributed by atoms with Crippen molar-refractivity contribution < 1.29 is 0 Å². The molecule has 4 heteroatoms. The molecule has 1 aromatic carbocycles. The first-order valence-corrected chi connectivity index (χ1v) is 5.71. The molecule has 1 aromatic heterocycles. The number of hydrogen-bond donors (Lipinski definition) is 2. The highest BCUT2D eigenvalue weighted by Crippen LogP contribution is 2.11. The van der Waals surface area contributed by atoms with Gasteiger partial charge in [0.05, 0.1) is 6.54 Å². The SMILES string of the molecule is CN(C)c1ccc(CNCc2ncc[nH]2)cc1. The van der Waals surface area contributed by atoms with Crippen molar-refractivity contribution >= 4 is 5.69 Å². The van der Waals surface area contributed by atoms with E-state index in [0.29, 0.717) is 0 Å². The van der Waals surface area contributed by atoms with Crippen LogP contribution in [0.15, 0.2) is 36.7 Å². The Kier molecular flexibility index (Phi) is 3.77. The minimum atomic E-state index is 0.766. The first kappa shape index (κ1) is 11.7. The van der Waals surface area contributed by atoms with Crippen LogP contribution in [0.3, 0.4) is 0 Å². The minimum Gasteiger partial charge on any atom is -0.378 e. The average Bonchev–Trinajstić information content (AvgIpc) is 2.83. The van der Waals surface area contributed by atoms with Crippen LogP contribution in [-0.4, -0.2) is 24.1 Å². The summed E-state index contributed by atoms with van der Waals surface area (Å²) in [6.07, 6.45) is 3.60. The molecule has 0 radical (unpaired) electrons. The number of anilines is 1. The van der Waals surface area contributed by atoms with Crippen LogP contribution in [0.2, 0.25) is 0 Å². The Hall–Kier alpha value is -1.81. The zero-order chi connectivity index (χ0) is 12.1. The molecule has 0 aliphatic rings. The summed E-state index contributed by atoms with van der Waals surface area (Å²) >= 11 is 0. The third-order valence-corrected chi connectivity index (χ3v) is 2.63. The van der Waals surface area contributed by atoms with Gasteiger partial charge in [-0.05, 0) is 17.7 Å². The zero-order valence-corrected chi connectivity index (χ0v) is 10.3. The van der Waals surface area contributed by atoms with Crippen LogP contribution in [0.1, 0.15) is 11.4 Å². The molecule has 0 aliphatic heterocycles. The fraction of sp³-hybridized carbons (Fsp3) is 0.308.